The summed E-state index contributed by atoms with van der Waals surface area (Å²) in [5, 5.41) is 0. The highest BCUT2D eigenvalue weighted by atomic mass is 28.4. The van der Waals surface area contributed by atoms with Crippen LogP contribution in [0, 0.1) is 0 Å². The Labute approximate surface area is 108 Å². The van der Waals surface area contributed by atoms with Gasteiger partial charge in [-0.3, -0.25) is 0 Å². The second-order valence-corrected chi connectivity index (χ2v) is 16.3. The molecule has 2 unspecified atom stereocenters. The minimum absolute atomic E-state index is 0.956. The number of rotatable bonds is 8. The molecule has 0 saturated carbocycles. The van der Waals surface area contributed by atoms with Crippen molar-refractivity contribution < 1.29 is 16.5 Å². The lowest BCUT2D eigenvalue weighted by atomic mass is 11.9. The first-order valence-corrected chi connectivity index (χ1v) is 17.8. The summed E-state index contributed by atoms with van der Waals surface area (Å²) in [5.41, 5.74) is 0. The van der Waals surface area contributed by atoms with E-state index in [-0.39, 0.29) is 0 Å². The van der Waals surface area contributed by atoms with Crippen LogP contribution in [0.4, 0.5) is 0 Å². The van der Waals surface area contributed by atoms with Gasteiger partial charge < -0.3 is 16.5 Å². The van der Waals surface area contributed by atoms with Crippen LogP contribution in [0.25, 0.3) is 0 Å². The Hall–Kier alpha value is 0.924. The largest absolute Gasteiger partial charge is 0.442 e. The molecular weight excluding hydrogens is 289 g/mol. The Morgan fingerprint density at radius 1 is 0.438 bits per heavy atom. The molecule has 0 heterocycles. The zero-order valence-corrected chi connectivity index (χ0v) is 17.3. The van der Waals surface area contributed by atoms with Crippen molar-refractivity contribution in [3.8, 4) is 0 Å². The van der Waals surface area contributed by atoms with Crippen LogP contribution in [0.15, 0.2) is 0 Å². The molecule has 0 aromatic rings. The molecule has 0 fully saturated rings. The normalized spacial score (nSPS) is 17.8. The fraction of sp³-hybridized carbons (Fsp3) is 1.00. The van der Waals surface area contributed by atoms with Gasteiger partial charge in [0.25, 0.3) is 27.9 Å². The summed E-state index contributed by atoms with van der Waals surface area (Å²) in [7, 11) is -6.30. The van der Waals surface area contributed by atoms with Gasteiger partial charge in [-0.1, -0.05) is 0 Å². The SMILES string of the molecule is C[SiH](C)O[SiH](C)O[SiH](C)O[SiH](C)O[SiH](C)C. The van der Waals surface area contributed by atoms with Gasteiger partial charge >= 0.3 is 0 Å². The molecule has 2 atom stereocenters. The number of hydrogen-bond acceptors (Lipinski definition) is 4. The Balaban J connectivity index is 3.75. The van der Waals surface area contributed by atoms with Crippen LogP contribution in [-0.2, 0) is 16.5 Å². The molecule has 0 aliphatic rings. The first-order valence-electron chi connectivity index (χ1n) is 5.93. The predicted molar refractivity (Wildman–Crippen MR) is 81.1 cm³/mol. The van der Waals surface area contributed by atoms with Gasteiger partial charge in [0.15, 0.2) is 18.1 Å². The standard InChI is InChI=1S/C7H26O4Si5/c1-12(2)8-14(5)10-16(7)11-15(6)9-13(3)4/h12-16H,1-7H3. The van der Waals surface area contributed by atoms with E-state index in [1.807, 2.05) is 0 Å². The van der Waals surface area contributed by atoms with E-state index in [1.165, 1.54) is 0 Å². The van der Waals surface area contributed by atoms with E-state index < -0.39 is 45.9 Å². The van der Waals surface area contributed by atoms with E-state index in [4.69, 9.17) is 16.5 Å². The lowest BCUT2D eigenvalue weighted by Gasteiger charge is -2.23. The summed E-state index contributed by atoms with van der Waals surface area (Å²) < 4.78 is 23.3. The van der Waals surface area contributed by atoms with Gasteiger partial charge in [0.1, 0.15) is 0 Å². The van der Waals surface area contributed by atoms with Gasteiger partial charge in [-0.15, -0.1) is 0 Å². The summed E-state index contributed by atoms with van der Waals surface area (Å²) in [5.74, 6) is 0. The first kappa shape index (κ1) is 16.9. The molecule has 0 N–H and O–H groups in total. The molecule has 9 heteroatoms. The lowest BCUT2D eigenvalue weighted by Crippen LogP contribution is -2.37. The van der Waals surface area contributed by atoms with Crippen LogP contribution in [-0.4, -0.2) is 45.9 Å². The van der Waals surface area contributed by atoms with Crippen LogP contribution in [0.5, 0.6) is 0 Å². The third-order valence-corrected chi connectivity index (χ3v) is 15.2. The topological polar surface area (TPSA) is 36.9 Å². The lowest BCUT2D eigenvalue weighted by molar-refractivity contribution is 0.355. The molecule has 98 valence electrons. The molecule has 0 aliphatic carbocycles. The van der Waals surface area contributed by atoms with Gasteiger partial charge in [0.05, 0.1) is 0 Å². The summed E-state index contributed by atoms with van der Waals surface area (Å²) in [4.78, 5) is 0. The van der Waals surface area contributed by atoms with E-state index in [2.05, 4.69) is 45.8 Å². The highest BCUT2D eigenvalue weighted by Gasteiger charge is 2.18. The van der Waals surface area contributed by atoms with E-state index >= 15 is 0 Å². The highest BCUT2D eigenvalue weighted by molar-refractivity contribution is 6.69. The number of hydrogen-bond donors (Lipinski definition) is 0. The van der Waals surface area contributed by atoms with Crippen molar-refractivity contribution >= 4 is 45.9 Å². The third kappa shape index (κ3) is 10.1. The van der Waals surface area contributed by atoms with Crippen molar-refractivity contribution in [3.05, 3.63) is 0 Å². The average Bonchev–Trinajstić information content (AvgIpc) is 1.97. The van der Waals surface area contributed by atoms with Gasteiger partial charge in [0.2, 0.25) is 0 Å². The summed E-state index contributed by atoms with van der Waals surface area (Å²) in [6, 6.07) is 0. The second-order valence-electron chi connectivity index (χ2n) is 4.34. The fourth-order valence-corrected chi connectivity index (χ4v) is 14.4. The zero-order chi connectivity index (χ0) is 12.7. The van der Waals surface area contributed by atoms with E-state index in [0.29, 0.717) is 0 Å². The Morgan fingerprint density at radius 3 is 0.938 bits per heavy atom. The maximum absolute atomic E-state index is 5.85. The van der Waals surface area contributed by atoms with Crippen LogP contribution in [0.3, 0.4) is 0 Å². The molecule has 0 amide bonds. The fourth-order valence-electron chi connectivity index (χ4n) is 1.40. The van der Waals surface area contributed by atoms with E-state index in [1.54, 1.807) is 0 Å². The molecular formula is C7H26O4Si5. The van der Waals surface area contributed by atoms with Crippen molar-refractivity contribution in [1.29, 1.82) is 0 Å². The Morgan fingerprint density at radius 2 is 0.688 bits per heavy atom. The summed E-state index contributed by atoms with van der Waals surface area (Å²) >= 11 is 0. The Bertz CT molecular complexity index is 164. The van der Waals surface area contributed by atoms with Crippen LogP contribution < -0.4 is 0 Å². The molecule has 0 radical (unpaired) electrons. The third-order valence-electron chi connectivity index (χ3n) is 1.69. The van der Waals surface area contributed by atoms with Gasteiger partial charge in [-0.05, 0) is 45.8 Å². The summed E-state index contributed by atoms with van der Waals surface area (Å²) in [6.45, 7) is 14.9. The smallest absolute Gasteiger partial charge is 0.300 e. The predicted octanol–water partition coefficient (Wildman–Crippen LogP) is 0.570. The van der Waals surface area contributed by atoms with Crippen LogP contribution in [0.2, 0.25) is 45.8 Å². The monoisotopic (exact) mass is 314 g/mol. The molecule has 4 nitrogen and oxygen atoms in total. The van der Waals surface area contributed by atoms with Crippen molar-refractivity contribution in [2.24, 2.45) is 0 Å². The minimum Gasteiger partial charge on any atom is -0.442 e. The maximum atomic E-state index is 5.85. The minimum atomic E-state index is -1.52. The highest BCUT2D eigenvalue weighted by Crippen LogP contribution is 2.01. The molecule has 0 aliphatic heterocycles. The maximum Gasteiger partial charge on any atom is 0.300 e. The Kier molecular flexibility index (Phi) is 9.45. The average molecular weight is 315 g/mol. The van der Waals surface area contributed by atoms with Crippen LogP contribution in [0.1, 0.15) is 0 Å². The second kappa shape index (κ2) is 8.93. The van der Waals surface area contributed by atoms with E-state index in [9.17, 15) is 0 Å². The van der Waals surface area contributed by atoms with E-state index in [0.717, 1.165) is 0 Å². The molecule has 0 aromatic carbocycles. The van der Waals surface area contributed by atoms with Crippen molar-refractivity contribution in [1.82, 2.24) is 0 Å². The van der Waals surface area contributed by atoms with Gasteiger partial charge in [-0.2, -0.15) is 0 Å². The van der Waals surface area contributed by atoms with Crippen molar-refractivity contribution in [3.63, 3.8) is 0 Å². The summed E-state index contributed by atoms with van der Waals surface area (Å²) in [6.07, 6.45) is 0. The zero-order valence-electron chi connectivity index (χ0n) is 11.5. The molecule has 0 aromatic heterocycles. The molecule has 0 bridgehead atoms. The molecule has 0 saturated heterocycles. The quantitative estimate of drug-likeness (QED) is 0.614. The van der Waals surface area contributed by atoms with Gasteiger partial charge in [0, 0.05) is 0 Å². The van der Waals surface area contributed by atoms with Crippen LogP contribution >= 0.6 is 0 Å². The van der Waals surface area contributed by atoms with Crippen molar-refractivity contribution in [2.45, 2.75) is 45.8 Å². The first-order chi connectivity index (χ1) is 7.31. The van der Waals surface area contributed by atoms with Crippen molar-refractivity contribution in [2.75, 3.05) is 0 Å². The molecule has 16 heavy (non-hydrogen) atoms. The van der Waals surface area contributed by atoms with Gasteiger partial charge in [-0.25, -0.2) is 0 Å². The molecule has 0 rings (SSSR count). The molecule has 0 spiro atoms.